The van der Waals surface area contributed by atoms with Gasteiger partial charge in [-0.05, 0) is 24.6 Å². The second kappa shape index (κ2) is 7.04. The molecule has 1 aromatic rings. The summed E-state index contributed by atoms with van der Waals surface area (Å²) in [5.74, 6) is 4.58. The standard InChI is InChI=1S/C15H16FNO3/c16-13-3-4-14(12(8-13)2-1-6-18)15(19)17-9-11-5-7-20-10-11/h3-4,8,11,18H,5-7,9-10H2,(H,17,19). The number of rotatable bonds is 3. The van der Waals surface area contributed by atoms with Crippen LogP contribution in [0.4, 0.5) is 4.39 Å². The zero-order chi connectivity index (χ0) is 14.4. The third-order valence-electron chi connectivity index (χ3n) is 3.10. The van der Waals surface area contributed by atoms with Crippen LogP contribution in [0, 0.1) is 23.6 Å². The fraction of sp³-hybridized carbons (Fsp3) is 0.400. The predicted octanol–water partition coefficient (Wildman–Crippen LogP) is 0.936. The van der Waals surface area contributed by atoms with Crippen molar-refractivity contribution in [3.05, 3.63) is 35.1 Å². The van der Waals surface area contributed by atoms with Gasteiger partial charge in [0.25, 0.3) is 5.91 Å². The number of nitrogens with one attached hydrogen (secondary N) is 1. The van der Waals surface area contributed by atoms with Crippen molar-refractivity contribution in [3.63, 3.8) is 0 Å². The van der Waals surface area contributed by atoms with Crippen LogP contribution in [0.5, 0.6) is 0 Å². The van der Waals surface area contributed by atoms with Crippen molar-refractivity contribution < 1.29 is 19.0 Å². The van der Waals surface area contributed by atoms with E-state index in [2.05, 4.69) is 17.2 Å². The molecule has 1 unspecified atom stereocenters. The van der Waals surface area contributed by atoms with Gasteiger partial charge >= 0.3 is 0 Å². The molecular formula is C15H16FNO3. The minimum Gasteiger partial charge on any atom is -0.384 e. The van der Waals surface area contributed by atoms with Gasteiger partial charge in [0.15, 0.2) is 0 Å². The molecule has 0 radical (unpaired) electrons. The van der Waals surface area contributed by atoms with E-state index in [1.807, 2.05) is 0 Å². The molecule has 1 aliphatic rings. The molecule has 1 saturated heterocycles. The van der Waals surface area contributed by atoms with Gasteiger partial charge in [0.1, 0.15) is 12.4 Å². The van der Waals surface area contributed by atoms with Gasteiger partial charge in [0.2, 0.25) is 0 Å². The van der Waals surface area contributed by atoms with Gasteiger partial charge in [0.05, 0.1) is 12.2 Å². The molecule has 4 nitrogen and oxygen atoms in total. The van der Waals surface area contributed by atoms with Crippen LogP contribution < -0.4 is 5.32 Å². The summed E-state index contributed by atoms with van der Waals surface area (Å²) in [6.45, 7) is 1.57. The van der Waals surface area contributed by atoms with Gasteiger partial charge in [0, 0.05) is 24.6 Å². The number of amides is 1. The van der Waals surface area contributed by atoms with Gasteiger partial charge in [-0.25, -0.2) is 4.39 Å². The third kappa shape index (κ3) is 3.80. The Balaban J connectivity index is 2.07. The average Bonchev–Trinajstić information content (AvgIpc) is 2.96. The lowest BCUT2D eigenvalue weighted by atomic mass is 10.1. The minimum atomic E-state index is -0.465. The number of ether oxygens (including phenoxy) is 1. The summed E-state index contributed by atoms with van der Waals surface area (Å²) in [5.41, 5.74) is 0.588. The van der Waals surface area contributed by atoms with Crippen LogP contribution in [-0.4, -0.2) is 37.4 Å². The molecule has 0 aliphatic carbocycles. The molecular weight excluding hydrogens is 261 g/mol. The molecule has 1 fully saturated rings. The van der Waals surface area contributed by atoms with Crippen LogP contribution in [0.1, 0.15) is 22.3 Å². The highest BCUT2D eigenvalue weighted by atomic mass is 19.1. The first-order valence-electron chi connectivity index (χ1n) is 6.46. The fourth-order valence-corrected chi connectivity index (χ4v) is 2.03. The average molecular weight is 277 g/mol. The number of aliphatic hydroxyl groups excluding tert-OH is 1. The van der Waals surface area contributed by atoms with Crippen LogP contribution in [-0.2, 0) is 4.74 Å². The summed E-state index contributed by atoms with van der Waals surface area (Å²) in [6.07, 6.45) is 0.931. The van der Waals surface area contributed by atoms with E-state index in [9.17, 15) is 9.18 Å². The summed E-state index contributed by atoms with van der Waals surface area (Å²) in [5, 5.41) is 11.5. The third-order valence-corrected chi connectivity index (χ3v) is 3.10. The SMILES string of the molecule is O=C(NCC1CCOC1)c1ccc(F)cc1C#CCO. The summed E-state index contributed by atoms with van der Waals surface area (Å²) in [4.78, 5) is 12.1. The number of carbonyl (C=O) groups excluding carboxylic acids is 1. The zero-order valence-corrected chi connectivity index (χ0v) is 11.0. The van der Waals surface area contributed by atoms with Gasteiger partial charge in [-0.2, -0.15) is 0 Å². The first-order valence-corrected chi connectivity index (χ1v) is 6.46. The Morgan fingerprint density at radius 1 is 1.55 bits per heavy atom. The Morgan fingerprint density at radius 3 is 3.10 bits per heavy atom. The predicted molar refractivity (Wildman–Crippen MR) is 71.6 cm³/mol. The molecule has 2 rings (SSSR count). The van der Waals surface area contributed by atoms with E-state index in [1.54, 1.807) is 0 Å². The maximum Gasteiger partial charge on any atom is 0.252 e. The summed E-state index contributed by atoms with van der Waals surface area (Å²) in [7, 11) is 0. The van der Waals surface area contributed by atoms with Crippen LogP contribution in [0.2, 0.25) is 0 Å². The number of benzene rings is 1. The Morgan fingerprint density at radius 2 is 2.40 bits per heavy atom. The first kappa shape index (κ1) is 14.5. The minimum absolute atomic E-state index is 0.277. The van der Waals surface area contributed by atoms with Crippen molar-refractivity contribution in [2.45, 2.75) is 6.42 Å². The van der Waals surface area contributed by atoms with Crippen molar-refractivity contribution in [2.75, 3.05) is 26.4 Å². The molecule has 1 heterocycles. The van der Waals surface area contributed by atoms with Crippen molar-refractivity contribution in [2.24, 2.45) is 5.92 Å². The number of carbonyl (C=O) groups is 1. The molecule has 20 heavy (non-hydrogen) atoms. The van der Waals surface area contributed by atoms with E-state index in [4.69, 9.17) is 9.84 Å². The normalized spacial score (nSPS) is 17.4. The topological polar surface area (TPSA) is 58.6 Å². The van der Waals surface area contributed by atoms with E-state index in [1.165, 1.54) is 18.2 Å². The van der Waals surface area contributed by atoms with E-state index in [-0.39, 0.29) is 18.1 Å². The van der Waals surface area contributed by atoms with Crippen LogP contribution in [0.25, 0.3) is 0 Å². The molecule has 1 atom stereocenters. The first-order chi connectivity index (χ1) is 9.70. The second-order valence-electron chi connectivity index (χ2n) is 4.59. The fourth-order valence-electron chi connectivity index (χ4n) is 2.03. The Kier molecular flexibility index (Phi) is 5.10. The molecule has 1 aliphatic heterocycles. The van der Waals surface area contributed by atoms with Gasteiger partial charge in [-0.3, -0.25) is 4.79 Å². The Labute approximate surface area is 116 Å². The smallest absolute Gasteiger partial charge is 0.252 e. The summed E-state index contributed by atoms with van der Waals surface area (Å²) in [6, 6.07) is 3.81. The monoisotopic (exact) mass is 277 g/mol. The Hall–Kier alpha value is -1.90. The molecule has 1 amide bonds. The van der Waals surface area contributed by atoms with Crippen molar-refractivity contribution in [3.8, 4) is 11.8 Å². The molecule has 0 bridgehead atoms. The highest BCUT2D eigenvalue weighted by molar-refractivity contribution is 5.96. The second-order valence-corrected chi connectivity index (χ2v) is 4.59. The maximum absolute atomic E-state index is 13.2. The maximum atomic E-state index is 13.2. The molecule has 5 heteroatoms. The highest BCUT2D eigenvalue weighted by Crippen LogP contribution is 2.13. The van der Waals surface area contributed by atoms with Gasteiger partial charge in [-0.1, -0.05) is 11.8 Å². The number of aliphatic hydroxyl groups is 1. The van der Waals surface area contributed by atoms with Gasteiger partial charge < -0.3 is 15.2 Å². The van der Waals surface area contributed by atoms with Crippen LogP contribution in [0.3, 0.4) is 0 Å². The lowest BCUT2D eigenvalue weighted by molar-refractivity contribution is 0.0944. The quantitative estimate of drug-likeness (QED) is 0.808. The van der Waals surface area contributed by atoms with Crippen molar-refractivity contribution in [1.82, 2.24) is 5.32 Å². The molecule has 1 aromatic carbocycles. The number of hydrogen-bond donors (Lipinski definition) is 2. The number of hydrogen-bond acceptors (Lipinski definition) is 3. The number of halogens is 1. The molecule has 106 valence electrons. The van der Waals surface area contributed by atoms with E-state index < -0.39 is 5.82 Å². The van der Waals surface area contributed by atoms with Crippen molar-refractivity contribution in [1.29, 1.82) is 0 Å². The molecule has 0 aromatic heterocycles. The van der Waals surface area contributed by atoms with Gasteiger partial charge in [-0.15, -0.1) is 0 Å². The van der Waals surface area contributed by atoms with Crippen LogP contribution in [0.15, 0.2) is 18.2 Å². The summed E-state index contributed by atoms with van der Waals surface area (Å²) >= 11 is 0. The molecule has 0 spiro atoms. The van der Waals surface area contributed by atoms with E-state index in [0.29, 0.717) is 24.6 Å². The molecule has 2 N–H and O–H groups in total. The van der Waals surface area contributed by atoms with E-state index in [0.717, 1.165) is 13.0 Å². The lowest BCUT2D eigenvalue weighted by Crippen LogP contribution is -2.30. The Bertz CT molecular complexity index is 542. The lowest BCUT2D eigenvalue weighted by Gasteiger charge is -2.10. The van der Waals surface area contributed by atoms with Crippen molar-refractivity contribution >= 4 is 5.91 Å². The largest absolute Gasteiger partial charge is 0.384 e. The zero-order valence-electron chi connectivity index (χ0n) is 11.0. The van der Waals surface area contributed by atoms with E-state index >= 15 is 0 Å². The van der Waals surface area contributed by atoms with Crippen LogP contribution >= 0.6 is 0 Å². The highest BCUT2D eigenvalue weighted by Gasteiger charge is 2.17. The summed E-state index contributed by atoms with van der Waals surface area (Å²) < 4.78 is 18.4. The molecule has 0 saturated carbocycles.